The number of hydrogen-bond acceptors (Lipinski definition) is 7. The fraction of sp³-hybridized carbons (Fsp3) is 0.692. The van der Waals surface area contributed by atoms with E-state index in [1.807, 2.05) is 0 Å². The van der Waals surface area contributed by atoms with E-state index in [-0.39, 0.29) is 17.2 Å². The van der Waals surface area contributed by atoms with Gasteiger partial charge < -0.3 is 19.2 Å². The number of rotatable bonds is 10. The molecule has 1 rings (SSSR count). The third kappa shape index (κ3) is 5.96. The first-order valence-electron chi connectivity index (χ1n) is 6.71. The molecular weight excluding hydrogens is 296 g/mol. The SMILES string of the molecule is CCOC(=O)c1[nH]c(=O)sc1CN(CCOC)CCOC. The van der Waals surface area contributed by atoms with Gasteiger partial charge in [0.05, 0.1) is 24.7 Å². The van der Waals surface area contributed by atoms with Crippen LogP contribution in [-0.4, -0.2) is 63.0 Å². The zero-order valence-corrected chi connectivity index (χ0v) is 13.5. The highest BCUT2D eigenvalue weighted by Gasteiger charge is 2.19. The summed E-state index contributed by atoms with van der Waals surface area (Å²) in [5.74, 6) is -0.496. The van der Waals surface area contributed by atoms with Crippen LogP contribution in [0.4, 0.5) is 0 Å². The quantitative estimate of drug-likeness (QED) is 0.640. The topological polar surface area (TPSA) is 80.9 Å². The van der Waals surface area contributed by atoms with Gasteiger partial charge in [0, 0.05) is 33.9 Å². The molecule has 8 heteroatoms. The van der Waals surface area contributed by atoms with Crippen molar-refractivity contribution in [1.29, 1.82) is 0 Å². The molecule has 0 aromatic carbocycles. The van der Waals surface area contributed by atoms with Crippen LogP contribution in [0, 0.1) is 0 Å². The second kappa shape index (κ2) is 9.67. The van der Waals surface area contributed by atoms with Gasteiger partial charge in [0.15, 0.2) is 0 Å². The number of carbonyl (C=O) groups excluding carboxylic acids is 1. The van der Waals surface area contributed by atoms with Crippen molar-refractivity contribution in [3.8, 4) is 0 Å². The van der Waals surface area contributed by atoms with Crippen LogP contribution < -0.4 is 4.87 Å². The van der Waals surface area contributed by atoms with Gasteiger partial charge in [0.1, 0.15) is 5.69 Å². The molecule has 7 nitrogen and oxygen atoms in total. The number of nitrogens with zero attached hydrogens (tertiary/aromatic N) is 1. The lowest BCUT2D eigenvalue weighted by Gasteiger charge is -2.21. The molecule has 0 atom stereocenters. The molecule has 120 valence electrons. The van der Waals surface area contributed by atoms with E-state index in [0.29, 0.717) is 37.7 Å². The molecule has 0 bridgehead atoms. The minimum atomic E-state index is -0.496. The number of ether oxygens (including phenoxy) is 3. The van der Waals surface area contributed by atoms with E-state index in [0.717, 1.165) is 11.3 Å². The Morgan fingerprint density at radius 2 is 1.86 bits per heavy atom. The fourth-order valence-corrected chi connectivity index (χ4v) is 2.61. The number of nitrogens with one attached hydrogen (secondary N) is 1. The average molecular weight is 318 g/mol. The van der Waals surface area contributed by atoms with Crippen molar-refractivity contribution < 1.29 is 19.0 Å². The molecule has 1 aromatic rings. The molecule has 0 saturated carbocycles. The van der Waals surface area contributed by atoms with Crippen LogP contribution >= 0.6 is 11.3 Å². The smallest absolute Gasteiger partial charge is 0.356 e. The van der Waals surface area contributed by atoms with E-state index in [1.165, 1.54) is 0 Å². The number of carbonyl (C=O) groups is 1. The first-order valence-corrected chi connectivity index (χ1v) is 7.53. The molecular formula is C13H22N2O5S. The zero-order chi connectivity index (χ0) is 15.7. The van der Waals surface area contributed by atoms with Crippen molar-refractivity contribution in [1.82, 2.24) is 9.88 Å². The lowest BCUT2D eigenvalue weighted by molar-refractivity contribution is 0.0517. The summed E-state index contributed by atoms with van der Waals surface area (Å²) in [6, 6.07) is 0. The summed E-state index contributed by atoms with van der Waals surface area (Å²) in [6.45, 7) is 4.99. The zero-order valence-electron chi connectivity index (χ0n) is 12.6. The maximum atomic E-state index is 11.8. The first-order chi connectivity index (χ1) is 10.1. The van der Waals surface area contributed by atoms with Gasteiger partial charge in [0.25, 0.3) is 0 Å². The van der Waals surface area contributed by atoms with Gasteiger partial charge in [0.2, 0.25) is 0 Å². The predicted molar refractivity (Wildman–Crippen MR) is 79.9 cm³/mol. The molecule has 1 N–H and O–H groups in total. The van der Waals surface area contributed by atoms with Crippen LogP contribution in [0.3, 0.4) is 0 Å². The molecule has 21 heavy (non-hydrogen) atoms. The van der Waals surface area contributed by atoms with Crippen molar-refractivity contribution in [2.24, 2.45) is 0 Å². The van der Waals surface area contributed by atoms with Crippen molar-refractivity contribution in [2.45, 2.75) is 13.5 Å². The molecule has 0 aliphatic carbocycles. The molecule has 0 aliphatic rings. The number of aromatic nitrogens is 1. The van der Waals surface area contributed by atoms with Crippen LogP contribution in [0.2, 0.25) is 0 Å². The molecule has 0 radical (unpaired) electrons. The number of H-pyrrole nitrogens is 1. The van der Waals surface area contributed by atoms with Crippen molar-refractivity contribution in [3.63, 3.8) is 0 Å². The summed E-state index contributed by atoms with van der Waals surface area (Å²) in [7, 11) is 3.26. The summed E-state index contributed by atoms with van der Waals surface area (Å²) in [4.78, 5) is 28.4. The van der Waals surface area contributed by atoms with Gasteiger partial charge >= 0.3 is 10.8 Å². The number of thiazole rings is 1. The number of hydrogen-bond donors (Lipinski definition) is 1. The standard InChI is InChI=1S/C13H22N2O5S/c1-4-20-12(16)11-10(21-13(17)14-11)9-15(5-7-18-2)6-8-19-3/h4-9H2,1-3H3,(H,14,17). The van der Waals surface area contributed by atoms with Crippen LogP contribution in [-0.2, 0) is 20.8 Å². The third-order valence-electron chi connectivity index (χ3n) is 2.79. The summed E-state index contributed by atoms with van der Waals surface area (Å²) in [5, 5.41) is 0. The highest BCUT2D eigenvalue weighted by atomic mass is 32.1. The molecule has 0 unspecified atom stereocenters. The van der Waals surface area contributed by atoms with Crippen LogP contribution in [0.5, 0.6) is 0 Å². The molecule has 0 spiro atoms. The molecule has 0 amide bonds. The Morgan fingerprint density at radius 3 is 2.38 bits per heavy atom. The molecule has 0 fully saturated rings. The maximum absolute atomic E-state index is 11.8. The van der Waals surface area contributed by atoms with E-state index in [1.54, 1.807) is 21.1 Å². The Hall–Kier alpha value is -1.22. The van der Waals surface area contributed by atoms with Crippen molar-refractivity contribution in [3.05, 3.63) is 20.2 Å². The predicted octanol–water partition coefficient (Wildman–Crippen LogP) is 0.708. The van der Waals surface area contributed by atoms with Gasteiger partial charge in [-0.2, -0.15) is 0 Å². The van der Waals surface area contributed by atoms with E-state index < -0.39 is 5.97 Å². The van der Waals surface area contributed by atoms with E-state index in [4.69, 9.17) is 14.2 Å². The lowest BCUT2D eigenvalue weighted by atomic mass is 10.3. The Labute approximate surface area is 127 Å². The Kier molecular flexibility index (Phi) is 8.21. The molecule has 1 aromatic heterocycles. The number of aromatic amines is 1. The van der Waals surface area contributed by atoms with Crippen LogP contribution in [0.15, 0.2) is 4.79 Å². The highest BCUT2D eigenvalue weighted by molar-refractivity contribution is 7.09. The number of methoxy groups -OCH3 is 2. The van der Waals surface area contributed by atoms with E-state index in [9.17, 15) is 9.59 Å². The maximum Gasteiger partial charge on any atom is 0.356 e. The highest BCUT2D eigenvalue weighted by Crippen LogP contribution is 2.14. The van der Waals surface area contributed by atoms with Gasteiger partial charge in [-0.3, -0.25) is 9.69 Å². The Morgan fingerprint density at radius 1 is 1.24 bits per heavy atom. The Bertz CT molecular complexity index is 477. The van der Waals surface area contributed by atoms with Crippen LogP contribution in [0.25, 0.3) is 0 Å². The van der Waals surface area contributed by atoms with Crippen molar-refractivity contribution >= 4 is 17.3 Å². The minimum absolute atomic E-state index is 0.242. The molecule has 0 aliphatic heterocycles. The summed E-state index contributed by atoms with van der Waals surface area (Å²) < 4.78 is 15.1. The second-order valence-corrected chi connectivity index (χ2v) is 5.36. The Balaban J connectivity index is 2.81. The summed E-state index contributed by atoms with van der Waals surface area (Å²) in [6.07, 6.45) is 0. The largest absolute Gasteiger partial charge is 0.461 e. The normalized spacial score (nSPS) is 11.0. The van der Waals surface area contributed by atoms with E-state index in [2.05, 4.69) is 9.88 Å². The lowest BCUT2D eigenvalue weighted by Crippen LogP contribution is -2.30. The summed E-state index contributed by atoms with van der Waals surface area (Å²) in [5.41, 5.74) is 0.242. The van der Waals surface area contributed by atoms with Gasteiger partial charge in [-0.25, -0.2) is 4.79 Å². The molecule has 1 heterocycles. The van der Waals surface area contributed by atoms with E-state index >= 15 is 0 Å². The van der Waals surface area contributed by atoms with Crippen molar-refractivity contribution in [2.75, 3.05) is 47.1 Å². The third-order valence-corrected chi connectivity index (χ3v) is 3.66. The van der Waals surface area contributed by atoms with Gasteiger partial charge in [-0.15, -0.1) is 0 Å². The first kappa shape index (κ1) is 17.8. The summed E-state index contributed by atoms with van der Waals surface area (Å²) >= 11 is 1.03. The van der Waals surface area contributed by atoms with Gasteiger partial charge in [-0.05, 0) is 6.92 Å². The van der Waals surface area contributed by atoms with Crippen LogP contribution in [0.1, 0.15) is 22.3 Å². The second-order valence-electron chi connectivity index (χ2n) is 4.29. The fourth-order valence-electron chi connectivity index (χ4n) is 1.75. The average Bonchev–Trinajstić information content (AvgIpc) is 2.83. The minimum Gasteiger partial charge on any atom is -0.461 e. The molecule has 0 saturated heterocycles. The van der Waals surface area contributed by atoms with Gasteiger partial charge in [-0.1, -0.05) is 11.3 Å². The number of esters is 1. The monoisotopic (exact) mass is 318 g/mol.